The first-order valence-corrected chi connectivity index (χ1v) is 8.21. The first kappa shape index (κ1) is 12.8. The summed E-state index contributed by atoms with van der Waals surface area (Å²) in [6.45, 7) is 1.74. The van der Waals surface area contributed by atoms with Crippen molar-refractivity contribution in [3.8, 4) is 0 Å². The summed E-state index contributed by atoms with van der Waals surface area (Å²) in [7, 11) is 0. The fraction of sp³-hybridized carbons (Fsp3) is 0.667. The van der Waals surface area contributed by atoms with E-state index in [2.05, 4.69) is 30.3 Å². The number of ether oxygens (including phenoxy) is 1. The van der Waals surface area contributed by atoms with Gasteiger partial charge in [0.25, 0.3) is 0 Å². The zero-order valence-corrected chi connectivity index (χ0v) is 12.2. The summed E-state index contributed by atoms with van der Waals surface area (Å²) in [4.78, 5) is 0. The van der Waals surface area contributed by atoms with Gasteiger partial charge < -0.3 is 10.5 Å². The predicted octanol–water partition coefficient (Wildman–Crippen LogP) is 3.25. The Morgan fingerprint density at radius 1 is 0.950 bits per heavy atom. The third-order valence-electron chi connectivity index (χ3n) is 6.39. The van der Waals surface area contributed by atoms with E-state index in [4.69, 9.17) is 10.5 Å². The smallest absolute Gasteiger partial charge is 0.0475 e. The molecule has 4 rings (SSSR count). The van der Waals surface area contributed by atoms with Crippen LogP contribution in [-0.2, 0) is 10.2 Å². The van der Waals surface area contributed by atoms with E-state index in [-0.39, 0.29) is 11.0 Å². The van der Waals surface area contributed by atoms with Gasteiger partial charge in [0.15, 0.2) is 0 Å². The van der Waals surface area contributed by atoms with Crippen LogP contribution in [0.2, 0.25) is 0 Å². The Kier molecular flexibility index (Phi) is 2.94. The Hall–Kier alpha value is -0.860. The number of fused-ring (bicyclic) bond motifs is 1. The molecule has 0 radical (unpaired) electrons. The average Bonchev–Trinajstić information content (AvgIpc) is 3.16. The molecule has 2 nitrogen and oxygen atoms in total. The maximum Gasteiger partial charge on any atom is 0.0475 e. The lowest BCUT2D eigenvalue weighted by Crippen LogP contribution is -2.53. The maximum absolute atomic E-state index is 7.08. The topological polar surface area (TPSA) is 35.2 Å². The summed E-state index contributed by atoms with van der Waals surface area (Å²) in [5.41, 5.74) is 8.74. The van der Waals surface area contributed by atoms with Gasteiger partial charge in [0.2, 0.25) is 0 Å². The number of benzene rings is 1. The lowest BCUT2D eigenvalue weighted by Gasteiger charge is -2.44. The van der Waals surface area contributed by atoms with Gasteiger partial charge in [0.05, 0.1) is 0 Å². The second-order valence-electron chi connectivity index (χ2n) is 6.99. The van der Waals surface area contributed by atoms with Crippen LogP contribution in [0.5, 0.6) is 0 Å². The lowest BCUT2D eigenvalue weighted by molar-refractivity contribution is 0.0311. The number of nitrogens with two attached hydrogens (primary N) is 1. The van der Waals surface area contributed by atoms with Gasteiger partial charge in [0, 0.05) is 24.2 Å². The van der Waals surface area contributed by atoms with Crippen LogP contribution in [0.3, 0.4) is 0 Å². The van der Waals surface area contributed by atoms with Crippen molar-refractivity contribution in [2.75, 3.05) is 13.2 Å². The fourth-order valence-corrected chi connectivity index (χ4v) is 5.33. The number of hydrogen-bond donors (Lipinski definition) is 1. The van der Waals surface area contributed by atoms with Crippen LogP contribution in [0.1, 0.15) is 44.1 Å². The van der Waals surface area contributed by atoms with Crippen LogP contribution >= 0.6 is 0 Å². The molecule has 0 aromatic heterocycles. The van der Waals surface area contributed by atoms with Crippen LogP contribution in [0.4, 0.5) is 0 Å². The van der Waals surface area contributed by atoms with Gasteiger partial charge in [-0.2, -0.15) is 0 Å². The van der Waals surface area contributed by atoms with Crippen molar-refractivity contribution >= 4 is 0 Å². The van der Waals surface area contributed by atoms with E-state index in [1.54, 1.807) is 0 Å². The molecule has 0 amide bonds. The molecule has 20 heavy (non-hydrogen) atoms. The highest BCUT2D eigenvalue weighted by molar-refractivity contribution is 5.39. The van der Waals surface area contributed by atoms with Crippen LogP contribution in [0.25, 0.3) is 0 Å². The summed E-state index contributed by atoms with van der Waals surface area (Å²) in [6, 6.07) is 11.0. The molecule has 1 aromatic rings. The maximum atomic E-state index is 7.08. The van der Waals surface area contributed by atoms with Crippen LogP contribution in [0.15, 0.2) is 30.3 Å². The molecule has 108 valence electrons. The molecule has 1 aliphatic heterocycles. The molecule has 1 aromatic carbocycles. The summed E-state index contributed by atoms with van der Waals surface area (Å²) >= 11 is 0. The molecule has 2 unspecified atom stereocenters. The van der Waals surface area contributed by atoms with Crippen molar-refractivity contribution < 1.29 is 4.74 Å². The van der Waals surface area contributed by atoms with Crippen molar-refractivity contribution in [1.82, 2.24) is 0 Å². The van der Waals surface area contributed by atoms with Crippen molar-refractivity contribution in [2.24, 2.45) is 17.6 Å². The first-order valence-electron chi connectivity index (χ1n) is 8.21. The molecule has 3 aliphatic rings. The zero-order valence-electron chi connectivity index (χ0n) is 12.2. The zero-order chi connectivity index (χ0) is 13.6. The van der Waals surface area contributed by atoms with E-state index in [1.165, 1.54) is 31.2 Å². The number of hydrogen-bond acceptors (Lipinski definition) is 2. The quantitative estimate of drug-likeness (QED) is 0.896. The van der Waals surface area contributed by atoms with E-state index in [9.17, 15) is 0 Å². The third-order valence-corrected chi connectivity index (χ3v) is 6.39. The predicted molar refractivity (Wildman–Crippen MR) is 80.5 cm³/mol. The minimum atomic E-state index is 0.0363. The monoisotopic (exact) mass is 271 g/mol. The van der Waals surface area contributed by atoms with Crippen molar-refractivity contribution in [1.29, 1.82) is 0 Å². The molecule has 2 atom stereocenters. The lowest BCUT2D eigenvalue weighted by atomic mass is 9.65. The summed E-state index contributed by atoms with van der Waals surface area (Å²) < 4.78 is 5.67. The number of rotatable bonds is 2. The third kappa shape index (κ3) is 1.58. The molecular weight excluding hydrogens is 246 g/mol. The SMILES string of the molecule is NC1(C2(c3ccccc3)CCOCC2)C2CCCCC21. The highest BCUT2D eigenvalue weighted by Crippen LogP contribution is 2.67. The Bertz CT molecular complexity index is 465. The summed E-state index contributed by atoms with van der Waals surface area (Å²) in [6.07, 6.45) is 7.64. The summed E-state index contributed by atoms with van der Waals surface area (Å²) in [5, 5.41) is 0. The van der Waals surface area contributed by atoms with E-state index in [1.807, 2.05) is 0 Å². The average molecular weight is 271 g/mol. The van der Waals surface area contributed by atoms with E-state index in [0.717, 1.165) is 37.9 Å². The van der Waals surface area contributed by atoms with E-state index < -0.39 is 0 Å². The Morgan fingerprint density at radius 2 is 1.55 bits per heavy atom. The molecule has 0 spiro atoms. The van der Waals surface area contributed by atoms with Gasteiger partial charge >= 0.3 is 0 Å². The second kappa shape index (κ2) is 4.57. The largest absolute Gasteiger partial charge is 0.381 e. The first-order chi connectivity index (χ1) is 9.79. The standard InChI is InChI=1S/C18H25NO/c19-18(15-8-4-5-9-16(15)18)17(10-12-20-13-11-17)14-6-2-1-3-7-14/h1-3,6-7,15-16H,4-5,8-13,19H2. The summed E-state index contributed by atoms with van der Waals surface area (Å²) in [5.74, 6) is 1.52. The highest BCUT2D eigenvalue weighted by atomic mass is 16.5. The van der Waals surface area contributed by atoms with Crippen molar-refractivity contribution in [2.45, 2.75) is 49.5 Å². The highest BCUT2D eigenvalue weighted by Gasteiger charge is 2.71. The molecular formula is C18H25NO. The van der Waals surface area contributed by atoms with Crippen molar-refractivity contribution in [3.05, 3.63) is 35.9 Å². The normalized spacial score (nSPS) is 39.0. The van der Waals surface area contributed by atoms with E-state index >= 15 is 0 Å². The molecule has 1 heterocycles. The minimum Gasteiger partial charge on any atom is -0.381 e. The van der Waals surface area contributed by atoms with Gasteiger partial charge in [-0.25, -0.2) is 0 Å². The van der Waals surface area contributed by atoms with Crippen molar-refractivity contribution in [3.63, 3.8) is 0 Å². The van der Waals surface area contributed by atoms with Gasteiger partial charge in [0.1, 0.15) is 0 Å². The molecule has 2 heteroatoms. The second-order valence-corrected chi connectivity index (χ2v) is 6.99. The van der Waals surface area contributed by atoms with Crippen LogP contribution < -0.4 is 5.73 Å². The molecule has 1 saturated heterocycles. The van der Waals surface area contributed by atoms with E-state index in [0.29, 0.717) is 0 Å². The molecule has 2 saturated carbocycles. The van der Waals surface area contributed by atoms with Crippen LogP contribution in [0, 0.1) is 11.8 Å². The minimum absolute atomic E-state index is 0.0363. The van der Waals surface area contributed by atoms with Gasteiger partial charge in [-0.3, -0.25) is 0 Å². The molecule has 2 N–H and O–H groups in total. The molecule has 3 fully saturated rings. The molecule has 0 bridgehead atoms. The van der Waals surface area contributed by atoms with Gasteiger partial charge in [-0.05, 0) is 43.1 Å². The Labute approximate surface area is 121 Å². The van der Waals surface area contributed by atoms with Crippen LogP contribution in [-0.4, -0.2) is 18.8 Å². The fourth-order valence-electron chi connectivity index (χ4n) is 5.33. The van der Waals surface area contributed by atoms with Gasteiger partial charge in [-0.1, -0.05) is 43.2 Å². The molecule has 2 aliphatic carbocycles. The Balaban J connectivity index is 1.76. The van der Waals surface area contributed by atoms with Gasteiger partial charge in [-0.15, -0.1) is 0 Å². The Morgan fingerprint density at radius 3 is 2.15 bits per heavy atom.